The Kier molecular flexibility index (Phi) is 6.93. The lowest BCUT2D eigenvalue weighted by atomic mass is 9.68. The molecule has 0 amide bonds. The standard InChI is InChI=1S/C26H29N.ClH/c1-2-25(22-12-6-3-7-13-22)27-20-18-26(19-21-27,23-14-8-4-9-15-23)24-16-10-5-11-17-24;/h3-17,25H,2,18-21H2,1H3;1H. The summed E-state index contributed by atoms with van der Waals surface area (Å²) in [7, 11) is 0. The minimum atomic E-state index is 0. The molecule has 1 unspecified atom stereocenters. The Labute approximate surface area is 175 Å². The van der Waals surface area contributed by atoms with Gasteiger partial charge in [0.1, 0.15) is 0 Å². The third-order valence-electron chi connectivity index (χ3n) is 6.32. The molecule has 1 atom stereocenters. The quantitative estimate of drug-likeness (QED) is 0.471. The summed E-state index contributed by atoms with van der Waals surface area (Å²) in [5.41, 5.74) is 4.51. The number of halogens is 1. The van der Waals surface area contributed by atoms with Gasteiger partial charge in [0.2, 0.25) is 0 Å². The molecule has 3 aromatic rings. The fraction of sp³-hybridized carbons (Fsp3) is 0.308. The summed E-state index contributed by atoms with van der Waals surface area (Å²) in [6.07, 6.45) is 3.50. The van der Waals surface area contributed by atoms with Crippen molar-refractivity contribution in [2.75, 3.05) is 13.1 Å². The molecule has 2 heteroatoms. The lowest BCUT2D eigenvalue weighted by Crippen LogP contribution is -2.44. The van der Waals surface area contributed by atoms with Gasteiger partial charge < -0.3 is 0 Å². The summed E-state index contributed by atoms with van der Waals surface area (Å²) in [4.78, 5) is 2.69. The molecule has 1 aliphatic rings. The maximum absolute atomic E-state index is 2.69. The van der Waals surface area contributed by atoms with Gasteiger partial charge in [-0.1, -0.05) is 97.9 Å². The van der Waals surface area contributed by atoms with E-state index in [1.54, 1.807) is 0 Å². The molecule has 1 nitrogen and oxygen atoms in total. The SMILES string of the molecule is CCC(c1ccccc1)N1CCC(c2ccccc2)(c2ccccc2)CC1.Cl. The molecular weight excluding hydrogens is 362 g/mol. The molecule has 1 heterocycles. The van der Waals surface area contributed by atoms with Crippen LogP contribution in [0.4, 0.5) is 0 Å². The van der Waals surface area contributed by atoms with Crippen molar-refractivity contribution in [2.45, 2.75) is 37.6 Å². The van der Waals surface area contributed by atoms with Crippen LogP contribution in [0, 0.1) is 0 Å². The molecule has 146 valence electrons. The highest BCUT2D eigenvalue weighted by atomic mass is 35.5. The highest BCUT2D eigenvalue weighted by Crippen LogP contribution is 2.43. The third kappa shape index (κ3) is 4.01. The van der Waals surface area contributed by atoms with Crippen LogP contribution < -0.4 is 0 Å². The van der Waals surface area contributed by atoms with Crippen LogP contribution in [0.1, 0.15) is 48.9 Å². The Morgan fingerprint density at radius 3 is 1.57 bits per heavy atom. The number of hydrogen-bond acceptors (Lipinski definition) is 1. The van der Waals surface area contributed by atoms with Crippen LogP contribution in [-0.4, -0.2) is 18.0 Å². The van der Waals surface area contributed by atoms with Crippen molar-refractivity contribution < 1.29 is 0 Å². The topological polar surface area (TPSA) is 3.24 Å². The Morgan fingerprint density at radius 2 is 1.14 bits per heavy atom. The van der Waals surface area contributed by atoms with Gasteiger partial charge in [-0.2, -0.15) is 0 Å². The predicted molar refractivity (Wildman–Crippen MR) is 121 cm³/mol. The fourth-order valence-corrected chi connectivity index (χ4v) is 4.86. The fourth-order valence-electron chi connectivity index (χ4n) is 4.86. The number of rotatable bonds is 5. The van der Waals surface area contributed by atoms with E-state index in [0.717, 1.165) is 19.5 Å². The summed E-state index contributed by atoms with van der Waals surface area (Å²) in [5.74, 6) is 0. The van der Waals surface area contributed by atoms with E-state index in [2.05, 4.69) is 103 Å². The van der Waals surface area contributed by atoms with Crippen molar-refractivity contribution >= 4 is 12.4 Å². The van der Waals surface area contributed by atoms with Gasteiger partial charge in [-0.25, -0.2) is 0 Å². The maximum Gasteiger partial charge on any atom is 0.0345 e. The zero-order valence-corrected chi connectivity index (χ0v) is 17.4. The van der Waals surface area contributed by atoms with E-state index >= 15 is 0 Å². The van der Waals surface area contributed by atoms with Crippen molar-refractivity contribution in [1.82, 2.24) is 4.90 Å². The van der Waals surface area contributed by atoms with Gasteiger partial charge in [0, 0.05) is 11.5 Å². The molecule has 4 rings (SSSR count). The van der Waals surface area contributed by atoms with Gasteiger partial charge in [-0.15, -0.1) is 12.4 Å². The lowest BCUT2D eigenvalue weighted by Gasteiger charge is -2.45. The van der Waals surface area contributed by atoms with Crippen LogP contribution in [0.15, 0.2) is 91.0 Å². The summed E-state index contributed by atoms with van der Waals surface area (Å²) >= 11 is 0. The third-order valence-corrected chi connectivity index (χ3v) is 6.32. The first kappa shape index (κ1) is 20.6. The van der Waals surface area contributed by atoms with Crippen LogP contribution in [0.3, 0.4) is 0 Å². The van der Waals surface area contributed by atoms with Crippen molar-refractivity contribution in [3.05, 3.63) is 108 Å². The first-order chi connectivity index (χ1) is 13.3. The lowest BCUT2D eigenvalue weighted by molar-refractivity contribution is 0.125. The van der Waals surface area contributed by atoms with Gasteiger partial charge in [0.05, 0.1) is 0 Å². The van der Waals surface area contributed by atoms with E-state index in [1.807, 2.05) is 0 Å². The average Bonchev–Trinajstić information content (AvgIpc) is 2.77. The number of likely N-dealkylation sites (tertiary alicyclic amines) is 1. The van der Waals surface area contributed by atoms with Crippen molar-refractivity contribution in [1.29, 1.82) is 0 Å². The molecule has 0 spiro atoms. The second-order valence-corrected chi connectivity index (χ2v) is 7.68. The van der Waals surface area contributed by atoms with Gasteiger partial charge in [0.15, 0.2) is 0 Å². The molecule has 0 N–H and O–H groups in total. The van der Waals surface area contributed by atoms with Gasteiger partial charge in [-0.3, -0.25) is 4.90 Å². The molecule has 0 aliphatic carbocycles. The zero-order chi connectivity index (χ0) is 18.5. The molecule has 0 radical (unpaired) electrons. The molecular formula is C26H30ClN. The van der Waals surface area contributed by atoms with E-state index in [0.29, 0.717) is 6.04 Å². The van der Waals surface area contributed by atoms with Crippen LogP contribution in [0.25, 0.3) is 0 Å². The first-order valence-electron chi connectivity index (χ1n) is 10.2. The van der Waals surface area contributed by atoms with Crippen LogP contribution in [0.2, 0.25) is 0 Å². The molecule has 28 heavy (non-hydrogen) atoms. The maximum atomic E-state index is 2.69. The largest absolute Gasteiger partial charge is 0.296 e. The second kappa shape index (κ2) is 9.41. The Hall–Kier alpha value is -2.09. The van der Waals surface area contributed by atoms with Crippen molar-refractivity contribution in [3.63, 3.8) is 0 Å². The Balaban J connectivity index is 0.00000225. The van der Waals surface area contributed by atoms with E-state index < -0.39 is 0 Å². The summed E-state index contributed by atoms with van der Waals surface area (Å²) < 4.78 is 0. The number of piperidine rings is 1. The molecule has 3 aromatic carbocycles. The smallest absolute Gasteiger partial charge is 0.0345 e. The Morgan fingerprint density at radius 1 is 0.714 bits per heavy atom. The first-order valence-corrected chi connectivity index (χ1v) is 10.2. The minimum absolute atomic E-state index is 0. The van der Waals surface area contributed by atoms with E-state index in [9.17, 15) is 0 Å². The van der Waals surface area contributed by atoms with Crippen molar-refractivity contribution in [2.24, 2.45) is 0 Å². The predicted octanol–water partition coefficient (Wildman–Crippen LogP) is 6.64. The summed E-state index contributed by atoms with van der Waals surface area (Å²) in [5, 5.41) is 0. The zero-order valence-electron chi connectivity index (χ0n) is 16.6. The number of benzene rings is 3. The van der Waals surface area contributed by atoms with Gasteiger partial charge >= 0.3 is 0 Å². The van der Waals surface area contributed by atoms with E-state index in [4.69, 9.17) is 0 Å². The van der Waals surface area contributed by atoms with Gasteiger partial charge in [0.25, 0.3) is 0 Å². The molecule has 1 saturated heterocycles. The monoisotopic (exact) mass is 391 g/mol. The number of nitrogens with zero attached hydrogens (tertiary/aromatic N) is 1. The van der Waals surface area contributed by atoms with Crippen molar-refractivity contribution in [3.8, 4) is 0 Å². The average molecular weight is 392 g/mol. The molecule has 1 aliphatic heterocycles. The van der Waals surface area contributed by atoms with Crippen LogP contribution in [0.5, 0.6) is 0 Å². The van der Waals surface area contributed by atoms with Crippen LogP contribution >= 0.6 is 12.4 Å². The normalized spacial score (nSPS) is 17.5. The highest BCUT2D eigenvalue weighted by molar-refractivity contribution is 5.85. The number of hydrogen-bond donors (Lipinski definition) is 0. The van der Waals surface area contributed by atoms with E-state index in [1.165, 1.54) is 29.5 Å². The van der Waals surface area contributed by atoms with Crippen LogP contribution in [-0.2, 0) is 5.41 Å². The minimum Gasteiger partial charge on any atom is -0.296 e. The summed E-state index contributed by atoms with van der Waals surface area (Å²) in [6, 6.07) is 33.8. The molecule has 1 fully saturated rings. The van der Waals surface area contributed by atoms with E-state index in [-0.39, 0.29) is 17.8 Å². The van der Waals surface area contributed by atoms with Gasteiger partial charge in [-0.05, 0) is 49.0 Å². The molecule has 0 aromatic heterocycles. The molecule has 0 bridgehead atoms. The Bertz CT molecular complexity index is 783. The summed E-state index contributed by atoms with van der Waals surface area (Å²) in [6.45, 7) is 4.59. The molecule has 0 saturated carbocycles. The highest BCUT2D eigenvalue weighted by Gasteiger charge is 2.39. The second-order valence-electron chi connectivity index (χ2n) is 7.68.